The Balaban J connectivity index is 1.29. The maximum absolute atomic E-state index is 9.65. The smallest absolute Gasteiger partial charge is 0.310 e. The average molecular weight is 276 g/mol. The van der Waals surface area contributed by atoms with E-state index in [9.17, 15) is 5.11 Å². The van der Waals surface area contributed by atoms with Crippen LogP contribution in [0.3, 0.4) is 0 Å². The maximum Gasteiger partial charge on any atom is 0.310 e. The van der Waals surface area contributed by atoms with Crippen LogP contribution < -0.4 is 5.43 Å². The Kier molecular flexibility index (Phi) is 3.94. The number of nitrogens with one attached hydrogen (secondary N) is 2. The van der Waals surface area contributed by atoms with Crippen LogP contribution >= 0.6 is 0 Å². The second kappa shape index (κ2) is 5.85. The molecule has 0 radical (unpaired) electrons. The SMILES string of the molecule is N=C/C=C1/N=C(O)N(CCCCC[C@H]2CCC3CC32)N1. The molecule has 5 nitrogen and oxygen atoms in total. The summed E-state index contributed by atoms with van der Waals surface area (Å²) in [5, 5.41) is 18.3. The topological polar surface area (TPSA) is 71.7 Å². The van der Waals surface area contributed by atoms with Gasteiger partial charge < -0.3 is 10.5 Å². The number of fused-ring (bicyclic) bond motifs is 1. The summed E-state index contributed by atoms with van der Waals surface area (Å²) in [6.45, 7) is 0.765. The predicted molar refractivity (Wildman–Crippen MR) is 79.6 cm³/mol. The lowest BCUT2D eigenvalue weighted by Gasteiger charge is -2.17. The van der Waals surface area contributed by atoms with E-state index in [0.29, 0.717) is 5.82 Å². The van der Waals surface area contributed by atoms with Gasteiger partial charge in [0.1, 0.15) is 0 Å². The van der Waals surface area contributed by atoms with Crippen molar-refractivity contribution >= 4 is 12.2 Å². The van der Waals surface area contributed by atoms with Crippen LogP contribution in [0.25, 0.3) is 0 Å². The Bertz CT molecular complexity index is 432. The highest BCUT2D eigenvalue weighted by Gasteiger charge is 2.47. The molecule has 2 unspecified atom stereocenters. The van der Waals surface area contributed by atoms with Gasteiger partial charge in [0.05, 0.1) is 0 Å². The van der Waals surface area contributed by atoms with Crippen molar-refractivity contribution in [2.75, 3.05) is 6.54 Å². The van der Waals surface area contributed by atoms with E-state index in [1.54, 1.807) is 5.01 Å². The van der Waals surface area contributed by atoms with E-state index in [0.717, 1.165) is 36.9 Å². The number of nitrogens with zero attached hydrogens (tertiary/aromatic N) is 2. The van der Waals surface area contributed by atoms with Gasteiger partial charge >= 0.3 is 6.02 Å². The normalized spacial score (nSPS) is 33.0. The van der Waals surface area contributed by atoms with Gasteiger partial charge in [0.2, 0.25) is 0 Å². The van der Waals surface area contributed by atoms with Crippen molar-refractivity contribution in [2.24, 2.45) is 22.7 Å². The van der Waals surface area contributed by atoms with E-state index >= 15 is 0 Å². The highest BCUT2D eigenvalue weighted by atomic mass is 16.3. The van der Waals surface area contributed by atoms with Crippen molar-refractivity contribution in [2.45, 2.75) is 44.9 Å². The quantitative estimate of drug-likeness (QED) is 0.494. The first kappa shape index (κ1) is 13.5. The fraction of sp³-hybridized carbons (Fsp3) is 0.733. The number of hydrogen-bond acceptors (Lipinski definition) is 4. The minimum atomic E-state index is 0.00900. The van der Waals surface area contributed by atoms with E-state index in [1.165, 1.54) is 44.6 Å². The Morgan fingerprint density at radius 1 is 1.35 bits per heavy atom. The maximum atomic E-state index is 9.65. The van der Waals surface area contributed by atoms with E-state index in [4.69, 9.17) is 5.41 Å². The third-order valence-corrected chi connectivity index (χ3v) is 4.90. The summed E-state index contributed by atoms with van der Waals surface area (Å²) in [4.78, 5) is 3.93. The van der Waals surface area contributed by atoms with Crippen LogP contribution in [0.15, 0.2) is 16.9 Å². The fourth-order valence-electron chi connectivity index (χ4n) is 3.72. The van der Waals surface area contributed by atoms with Crippen LogP contribution in [0, 0.1) is 23.2 Å². The summed E-state index contributed by atoms with van der Waals surface area (Å²) in [6, 6.07) is 0.00900. The molecule has 0 bridgehead atoms. The van der Waals surface area contributed by atoms with Crippen LogP contribution in [-0.2, 0) is 0 Å². The first-order valence-corrected chi connectivity index (χ1v) is 7.80. The monoisotopic (exact) mass is 276 g/mol. The van der Waals surface area contributed by atoms with Gasteiger partial charge in [-0.3, -0.25) is 5.43 Å². The minimum absolute atomic E-state index is 0.00900. The first-order chi connectivity index (χ1) is 9.78. The zero-order valence-corrected chi connectivity index (χ0v) is 11.9. The number of hydrogen-bond donors (Lipinski definition) is 3. The Morgan fingerprint density at radius 2 is 2.25 bits per heavy atom. The van der Waals surface area contributed by atoms with Gasteiger partial charge in [0.15, 0.2) is 5.82 Å². The van der Waals surface area contributed by atoms with Gasteiger partial charge in [0, 0.05) is 12.8 Å². The molecule has 3 atom stereocenters. The molecule has 3 rings (SSSR count). The molecule has 0 aromatic carbocycles. The van der Waals surface area contributed by atoms with Gasteiger partial charge in [-0.1, -0.05) is 19.3 Å². The summed E-state index contributed by atoms with van der Waals surface area (Å²) < 4.78 is 0. The molecule has 0 spiro atoms. The number of allylic oxidation sites excluding steroid dienone is 1. The molecule has 2 saturated carbocycles. The van der Waals surface area contributed by atoms with E-state index < -0.39 is 0 Å². The van der Waals surface area contributed by atoms with Crippen LogP contribution in [-0.4, -0.2) is 28.9 Å². The molecule has 3 aliphatic rings. The third kappa shape index (κ3) is 2.97. The zero-order chi connectivity index (χ0) is 13.9. The van der Waals surface area contributed by atoms with Gasteiger partial charge in [0.25, 0.3) is 0 Å². The number of aliphatic hydroxyl groups is 1. The molecule has 0 aromatic heterocycles. The molecule has 1 aliphatic heterocycles. The van der Waals surface area contributed by atoms with Gasteiger partial charge in [-0.15, -0.1) is 0 Å². The van der Waals surface area contributed by atoms with Crippen molar-refractivity contribution in [3.05, 3.63) is 11.9 Å². The van der Waals surface area contributed by atoms with Crippen molar-refractivity contribution in [3.63, 3.8) is 0 Å². The summed E-state index contributed by atoms with van der Waals surface area (Å²) in [5.74, 6) is 3.73. The Hall–Kier alpha value is -1.52. The summed E-state index contributed by atoms with van der Waals surface area (Å²) in [7, 11) is 0. The standard InChI is InChI=1S/C15H24N4O/c16-8-7-14-17-15(20)19(18-14)9-3-1-2-4-11-5-6-12-10-13(11)12/h7-8,11-13,16,18H,1-6,9-10H2,(H,17,20)/b14-7-,16-8?/t11-,12?,13?/m0/s1. The molecule has 1 heterocycles. The van der Waals surface area contributed by atoms with Gasteiger partial charge in [-0.05, 0) is 49.5 Å². The third-order valence-electron chi connectivity index (χ3n) is 4.90. The molecular formula is C15H24N4O. The highest BCUT2D eigenvalue weighted by Crippen LogP contribution is 2.56. The van der Waals surface area contributed by atoms with E-state index in [-0.39, 0.29) is 6.02 Å². The fourth-order valence-corrected chi connectivity index (χ4v) is 3.72. The summed E-state index contributed by atoms with van der Waals surface area (Å²) >= 11 is 0. The number of aliphatic imine (C=N–C) groups is 1. The van der Waals surface area contributed by atoms with Crippen molar-refractivity contribution in [3.8, 4) is 0 Å². The predicted octanol–water partition coefficient (Wildman–Crippen LogP) is 2.82. The second-order valence-electron chi connectivity index (χ2n) is 6.24. The number of aliphatic hydroxyl groups excluding tert-OH is 1. The molecule has 110 valence electrons. The molecule has 0 aromatic rings. The highest BCUT2D eigenvalue weighted by molar-refractivity contribution is 5.77. The average Bonchev–Trinajstić information content (AvgIpc) is 2.98. The van der Waals surface area contributed by atoms with Crippen molar-refractivity contribution < 1.29 is 5.11 Å². The molecule has 2 fully saturated rings. The lowest BCUT2D eigenvalue weighted by Crippen LogP contribution is -2.37. The lowest BCUT2D eigenvalue weighted by molar-refractivity contribution is 0.292. The van der Waals surface area contributed by atoms with Gasteiger partial charge in [-0.2, -0.15) is 4.99 Å². The van der Waals surface area contributed by atoms with Crippen LogP contribution in [0.5, 0.6) is 0 Å². The molecular weight excluding hydrogens is 252 g/mol. The number of hydrazine groups is 1. The second-order valence-corrected chi connectivity index (χ2v) is 6.24. The van der Waals surface area contributed by atoms with Crippen LogP contribution in [0.1, 0.15) is 44.9 Å². The zero-order valence-electron chi connectivity index (χ0n) is 11.9. The molecule has 20 heavy (non-hydrogen) atoms. The molecule has 5 heteroatoms. The van der Waals surface area contributed by atoms with E-state index in [2.05, 4.69) is 10.4 Å². The number of rotatable bonds is 7. The molecule has 3 N–H and O–H groups in total. The van der Waals surface area contributed by atoms with Crippen LogP contribution in [0.2, 0.25) is 0 Å². The number of amidine groups is 1. The summed E-state index contributed by atoms with van der Waals surface area (Å²) in [6.07, 6.45) is 12.1. The Morgan fingerprint density at radius 3 is 2.95 bits per heavy atom. The summed E-state index contributed by atoms with van der Waals surface area (Å²) in [5.41, 5.74) is 2.98. The number of unbranched alkanes of at least 4 members (excludes halogenated alkanes) is 2. The van der Waals surface area contributed by atoms with Crippen LogP contribution in [0.4, 0.5) is 0 Å². The largest absolute Gasteiger partial charge is 0.479 e. The first-order valence-electron chi connectivity index (χ1n) is 7.80. The van der Waals surface area contributed by atoms with Crippen molar-refractivity contribution in [1.82, 2.24) is 10.4 Å². The van der Waals surface area contributed by atoms with Crippen molar-refractivity contribution in [1.29, 1.82) is 5.41 Å². The minimum Gasteiger partial charge on any atom is -0.479 e. The van der Waals surface area contributed by atoms with E-state index in [1.807, 2.05) is 0 Å². The molecule has 2 aliphatic carbocycles. The molecule has 0 amide bonds. The lowest BCUT2D eigenvalue weighted by atomic mass is 9.96. The molecule has 0 saturated heterocycles. The van der Waals surface area contributed by atoms with Gasteiger partial charge in [-0.25, -0.2) is 5.01 Å². The Labute approximate surface area is 120 Å².